The number of ether oxygens (including phenoxy) is 1. The van der Waals surface area contributed by atoms with Crippen molar-refractivity contribution in [2.45, 2.75) is 25.2 Å². The fourth-order valence-electron chi connectivity index (χ4n) is 3.60. The highest BCUT2D eigenvalue weighted by atomic mass is 19.4. The number of fused-ring (bicyclic) bond motifs is 3. The van der Waals surface area contributed by atoms with Crippen LogP contribution in [0.4, 0.5) is 13.2 Å². The number of halogens is 3. The van der Waals surface area contributed by atoms with Crippen LogP contribution in [0.5, 0.6) is 0 Å². The summed E-state index contributed by atoms with van der Waals surface area (Å²) in [5.74, 6) is 0. The number of hydrogen-bond acceptors (Lipinski definition) is 3. The molecule has 0 saturated carbocycles. The average molecular weight is 365 g/mol. The summed E-state index contributed by atoms with van der Waals surface area (Å²) in [6.45, 7) is 2.36. The fourth-order valence-corrected chi connectivity index (χ4v) is 3.60. The third-order valence-corrected chi connectivity index (χ3v) is 4.75. The Balaban J connectivity index is 1.88. The lowest BCUT2D eigenvalue weighted by Crippen LogP contribution is -2.38. The Morgan fingerprint density at radius 3 is 2.81 bits per heavy atom. The maximum absolute atomic E-state index is 13.6. The number of morpholine rings is 1. The van der Waals surface area contributed by atoms with Crippen molar-refractivity contribution >= 4 is 21.8 Å². The number of benzene rings is 1. The van der Waals surface area contributed by atoms with Gasteiger partial charge in [-0.25, -0.2) is 0 Å². The standard InChI is InChI=1S/C18H18F3N3O2/c19-18(20,21)17-16-14(3-5-23-17)13-2-1-11(25)9-15(13)24(16)7-4-12-10-22-6-8-26-12/h1-3,5,9,12,22-23H,4,6-8,10H2. The van der Waals surface area contributed by atoms with Crippen LogP contribution in [-0.2, 0) is 17.5 Å². The van der Waals surface area contributed by atoms with Crippen molar-refractivity contribution in [1.82, 2.24) is 14.9 Å². The molecule has 1 aliphatic heterocycles. The normalized spacial score (nSPS) is 18.7. The van der Waals surface area contributed by atoms with Crippen LogP contribution >= 0.6 is 0 Å². The monoisotopic (exact) mass is 365 g/mol. The van der Waals surface area contributed by atoms with E-state index in [2.05, 4.69) is 10.3 Å². The summed E-state index contributed by atoms with van der Waals surface area (Å²) in [4.78, 5) is 14.2. The molecule has 138 valence electrons. The van der Waals surface area contributed by atoms with Crippen LogP contribution in [-0.4, -0.2) is 35.4 Å². The minimum atomic E-state index is -4.52. The molecule has 3 aromatic rings. The molecule has 0 aliphatic carbocycles. The molecule has 1 aromatic carbocycles. The van der Waals surface area contributed by atoms with Gasteiger partial charge in [0.15, 0.2) is 5.43 Å². The van der Waals surface area contributed by atoms with Crippen LogP contribution in [0.1, 0.15) is 12.1 Å². The van der Waals surface area contributed by atoms with Gasteiger partial charge in [0.1, 0.15) is 5.69 Å². The number of H-pyrrole nitrogens is 1. The van der Waals surface area contributed by atoms with Crippen molar-refractivity contribution in [1.29, 1.82) is 0 Å². The largest absolute Gasteiger partial charge is 0.433 e. The van der Waals surface area contributed by atoms with Crippen molar-refractivity contribution in [3.63, 3.8) is 0 Å². The molecule has 3 heterocycles. The number of hydrogen-bond donors (Lipinski definition) is 2. The van der Waals surface area contributed by atoms with Gasteiger partial charge in [0.25, 0.3) is 0 Å². The molecule has 0 radical (unpaired) electrons. The first kappa shape index (κ1) is 17.1. The van der Waals surface area contributed by atoms with Crippen LogP contribution in [0.3, 0.4) is 0 Å². The second kappa shape index (κ2) is 6.44. The maximum atomic E-state index is 13.6. The molecular weight excluding hydrogens is 347 g/mol. The van der Waals surface area contributed by atoms with Crippen molar-refractivity contribution in [2.24, 2.45) is 0 Å². The quantitative estimate of drug-likeness (QED) is 0.750. The van der Waals surface area contributed by atoms with Crippen LogP contribution in [0, 0.1) is 0 Å². The number of pyridine rings is 1. The smallest absolute Gasteiger partial charge is 0.376 e. The number of aromatic nitrogens is 2. The lowest BCUT2D eigenvalue weighted by Gasteiger charge is -2.24. The molecule has 1 unspecified atom stereocenters. The zero-order valence-electron chi connectivity index (χ0n) is 13.9. The molecule has 0 spiro atoms. The van der Waals surface area contributed by atoms with Crippen LogP contribution in [0.15, 0.2) is 35.3 Å². The predicted molar refractivity (Wildman–Crippen MR) is 92.3 cm³/mol. The first-order valence-electron chi connectivity index (χ1n) is 8.48. The highest BCUT2D eigenvalue weighted by molar-refractivity contribution is 6.08. The molecule has 1 fully saturated rings. The SMILES string of the molecule is O=c1ccc2c3cc[nH]c(C(F)(F)F)c3n(CCC3CNCCO3)c2c1. The van der Waals surface area contributed by atoms with Crippen molar-refractivity contribution in [3.8, 4) is 0 Å². The van der Waals surface area contributed by atoms with Crippen LogP contribution in [0.2, 0.25) is 0 Å². The first-order chi connectivity index (χ1) is 12.4. The Labute approximate surface area is 146 Å². The summed E-state index contributed by atoms with van der Waals surface area (Å²) in [6.07, 6.45) is -2.74. The van der Waals surface area contributed by atoms with Crippen LogP contribution in [0.25, 0.3) is 21.8 Å². The van der Waals surface area contributed by atoms with E-state index in [0.717, 1.165) is 6.54 Å². The number of nitrogens with one attached hydrogen (secondary N) is 2. The lowest BCUT2D eigenvalue weighted by atomic mass is 10.1. The molecule has 2 N–H and O–H groups in total. The van der Waals surface area contributed by atoms with Gasteiger partial charge in [0, 0.05) is 42.7 Å². The average Bonchev–Trinajstić information content (AvgIpc) is 2.92. The topological polar surface area (TPSA) is 59.0 Å². The van der Waals surface area contributed by atoms with Gasteiger partial charge in [0.05, 0.1) is 23.7 Å². The maximum Gasteiger partial charge on any atom is 0.433 e. The highest BCUT2D eigenvalue weighted by Gasteiger charge is 2.35. The summed E-state index contributed by atoms with van der Waals surface area (Å²) >= 11 is 0. The summed E-state index contributed by atoms with van der Waals surface area (Å²) in [5, 5.41) is 4.33. The Bertz CT molecular complexity index is 1000. The summed E-state index contributed by atoms with van der Waals surface area (Å²) in [6, 6.07) is 5.99. The molecule has 26 heavy (non-hydrogen) atoms. The van der Waals surface area contributed by atoms with E-state index >= 15 is 0 Å². The van der Waals surface area contributed by atoms with E-state index in [-0.39, 0.29) is 17.0 Å². The number of nitrogens with zero attached hydrogens (tertiary/aromatic N) is 1. The van der Waals surface area contributed by atoms with Crippen LogP contribution < -0.4 is 10.7 Å². The molecular formula is C18H18F3N3O2. The molecule has 0 bridgehead atoms. The zero-order valence-corrected chi connectivity index (χ0v) is 13.9. The summed E-state index contributed by atoms with van der Waals surface area (Å²) in [5.41, 5.74) is -0.443. The first-order valence-corrected chi connectivity index (χ1v) is 8.48. The van der Waals surface area contributed by atoms with Gasteiger partial charge in [-0.2, -0.15) is 13.2 Å². The minimum Gasteiger partial charge on any atom is -0.376 e. The Hall–Kier alpha value is -2.32. The molecule has 5 nitrogen and oxygen atoms in total. The summed E-state index contributed by atoms with van der Waals surface area (Å²) < 4.78 is 47.9. The molecule has 0 amide bonds. The Kier molecular flexibility index (Phi) is 4.24. The molecule has 1 aliphatic rings. The van der Waals surface area contributed by atoms with E-state index in [1.54, 1.807) is 16.7 Å². The third-order valence-electron chi connectivity index (χ3n) is 4.75. The molecule has 1 saturated heterocycles. The van der Waals surface area contributed by atoms with Gasteiger partial charge >= 0.3 is 6.18 Å². The van der Waals surface area contributed by atoms with E-state index in [4.69, 9.17) is 4.74 Å². The van der Waals surface area contributed by atoms with Gasteiger partial charge < -0.3 is 19.6 Å². The molecule has 8 heteroatoms. The van der Waals surface area contributed by atoms with Crippen molar-refractivity contribution < 1.29 is 17.9 Å². The Morgan fingerprint density at radius 1 is 1.23 bits per heavy atom. The predicted octanol–water partition coefficient (Wildman–Crippen LogP) is 2.88. The molecule has 1 atom stereocenters. The van der Waals surface area contributed by atoms with Gasteiger partial charge in [-0.1, -0.05) is 0 Å². The Morgan fingerprint density at radius 2 is 2.08 bits per heavy atom. The number of rotatable bonds is 3. The van der Waals surface area contributed by atoms with Crippen molar-refractivity contribution in [2.75, 3.05) is 19.7 Å². The number of aryl methyl sites for hydroxylation is 1. The second-order valence-corrected chi connectivity index (χ2v) is 6.43. The zero-order chi connectivity index (χ0) is 18.3. The molecule has 4 rings (SSSR count). The van der Waals surface area contributed by atoms with Crippen molar-refractivity contribution in [3.05, 3.63) is 46.4 Å². The van der Waals surface area contributed by atoms with Gasteiger partial charge in [0.2, 0.25) is 0 Å². The van der Waals surface area contributed by atoms with E-state index in [9.17, 15) is 18.0 Å². The van der Waals surface area contributed by atoms with E-state index < -0.39 is 11.9 Å². The minimum absolute atomic E-state index is 0.0614. The molecule has 2 aromatic heterocycles. The summed E-state index contributed by atoms with van der Waals surface area (Å²) in [7, 11) is 0. The van der Waals surface area contributed by atoms with E-state index in [0.29, 0.717) is 42.4 Å². The van der Waals surface area contributed by atoms with E-state index in [1.807, 2.05) is 0 Å². The highest BCUT2D eigenvalue weighted by Crippen LogP contribution is 2.37. The van der Waals surface area contributed by atoms with Gasteiger partial charge in [-0.3, -0.25) is 4.79 Å². The van der Waals surface area contributed by atoms with Gasteiger partial charge in [-0.15, -0.1) is 0 Å². The number of aromatic amines is 1. The number of alkyl halides is 3. The van der Waals surface area contributed by atoms with E-state index in [1.165, 1.54) is 18.3 Å². The second-order valence-electron chi connectivity index (χ2n) is 6.43. The lowest BCUT2D eigenvalue weighted by molar-refractivity contribution is -0.140. The third kappa shape index (κ3) is 2.99. The van der Waals surface area contributed by atoms with Gasteiger partial charge in [-0.05, 0) is 24.6 Å². The fraction of sp³-hybridized carbons (Fsp3) is 0.389.